The molecule has 0 spiro atoms. The monoisotopic (exact) mass is 223 g/mol. The number of methoxy groups -OCH3 is 1. The Morgan fingerprint density at radius 3 is 2.75 bits per heavy atom. The zero-order chi connectivity index (χ0) is 11.6. The summed E-state index contributed by atoms with van der Waals surface area (Å²) in [5.74, 6) is 0.777. The van der Waals surface area contributed by atoms with Crippen molar-refractivity contribution in [3.63, 3.8) is 0 Å². The Morgan fingerprint density at radius 2 is 2.19 bits per heavy atom. The van der Waals surface area contributed by atoms with E-state index in [0.717, 1.165) is 42.6 Å². The molecular formula is C13H18FNO. The number of halogens is 1. The molecule has 0 amide bonds. The van der Waals surface area contributed by atoms with Crippen LogP contribution >= 0.6 is 0 Å². The van der Waals surface area contributed by atoms with Crippen LogP contribution in [-0.2, 0) is 13.1 Å². The van der Waals surface area contributed by atoms with Gasteiger partial charge in [0.1, 0.15) is 12.4 Å². The molecule has 1 aromatic carbocycles. The predicted octanol–water partition coefficient (Wildman–Crippen LogP) is 2.59. The molecule has 1 aromatic rings. The molecule has 16 heavy (non-hydrogen) atoms. The van der Waals surface area contributed by atoms with E-state index in [1.165, 1.54) is 0 Å². The molecule has 1 aliphatic rings. The van der Waals surface area contributed by atoms with E-state index < -0.39 is 6.67 Å². The Bertz CT molecular complexity index is 352. The van der Waals surface area contributed by atoms with Crippen LogP contribution in [0.5, 0.6) is 5.75 Å². The van der Waals surface area contributed by atoms with Crippen LogP contribution < -0.4 is 10.5 Å². The maximum Gasteiger partial charge on any atom is 0.122 e. The van der Waals surface area contributed by atoms with Crippen LogP contribution in [-0.4, -0.2) is 12.6 Å². The lowest BCUT2D eigenvalue weighted by atomic mass is 9.99. The molecule has 2 N–H and O–H groups in total. The van der Waals surface area contributed by atoms with Crippen molar-refractivity contribution in [3.8, 4) is 5.75 Å². The van der Waals surface area contributed by atoms with Gasteiger partial charge < -0.3 is 10.5 Å². The summed E-state index contributed by atoms with van der Waals surface area (Å²) in [6.07, 6.45) is 3.90. The molecule has 0 aliphatic heterocycles. The molecule has 0 unspecified atom stereocenters. The van der Waals surface area contributed by atoms with Crippen LogP contribution in [0.25, 0.3) is 0 Å². The molecule has 0 aromatic heterocycles. The van der Waals surface area contributed by atoms with Crippen molar-refractivity contribution in [1.29, 1.82) is 0 Å². The van der Waals surface area contributed by atoms with Crippen LogP contribution in [0.15, 0.2) is 18.2 Å². The van der Waals surface area contributed by atoms with Gasteiger partial charge in [-0.2, -0.15) is 0 Å². The summed E-state index contributed by atoms with van der Waals surface area (Å²) >= 11 is 0. The first kappa shape index (κ1) is 11.4. The van der Waals surface area contributed by atoms with Gasteiger partial charge >= 0.3 is 0 Å². The quantitative estimate of drug-likeness (QED) is 0.832. The molecule has 1 fully saturated rings. The maximum absolute atomic E-state index is 12.9. The van der Waals surface area contributed by atoms with Crippen molar-refractivity contribution in [2.24, 2.45) is 5.73 Å². The molecule has 1 saturated carbocycles. The van der Waals surface area contributed by atoms with Crippen molar-refractivity contribution in [1.82, 2.24) is 0 Å². The van der Waals surface area contributed by atoms with Crippen LogP contribution in [0.2, 0.25) is 0 Å². The minimum Gasteiger partial charge on any atom is -0.496 e. The van der Waals surface area contributed by atoms with Gasteiger partial charge in [0.05, 0.1) is 7.11 Å². The number of alkyl halides is 1. The lowest BCUT2D eigenvalue weighted by molar-refractivity contribution is 0.403. The summed E-state index contributed by atoms with van der Waals surface area (Å²) in [6.45, 7) is -0.440. The standard InChI is InChI=1S/C13H18FNO/c1-16-12-4-2-3-10(9-14)11(12)5-6-13(15)7-8-13/h2-4H,5-9,15H2,1H3. The highest BCUT2D eigenvalue weighted by atomic mass is 19.1. The summed E-state index contributed by atoms with van der Waals surface area (Å²) in [7, 11) is 1.62. The van der Waals surface area contributed by atoms with Gasteiger partial charge in [0.25, 0.3) is 0 Å². The average molecular weight is 223 g/mol. The Kier molecular flexibility index (Phi) is 3.15. The number of nitrogens with two attached hydrogens (primary N) is 1. The lowest BCUT2D eigenvalue weighted by Crippen LogP contribution is -2.22. The number of ether oxygens (including phenoxy) is 1. The summed E-state index contributed by atoms with van der Waals surface area (Å²) < 4.78 is 18.1. The largest absolute Gasteiger partial charge is 0.496 e. The van der Waals surface area contributed by atoms with E-state index in [0.29, 0.717) is 0 Å². The van der Waals surface area contributed by atoms with Crippen LogP contribution in [0.3, 0.4) is 0 Å². The normalized spacial score (nSPS) is 17.2. The molecule has 0 heterocycles. The van der Waals surface area contributed by atoms with E-state index in [9.17, 15) is 4.39 Å². The first-order valence-electron chi connectivity index (χ1n) is 5.68. The van der Waals surface area contributed by atoms with Crippen LogP contribution in [0, 0.1) is 0 Å². The van der Waals surface area contributed by atoms with Gasteiger partial charge in [-0.25, -0.2) is 4.39 Å². The minimum absolute atomic E-state index is 0.00837. The van der Waals surface area contributed by atoms with E-state index in [2.05, 4.69) is 0 Å². The zero-order valence-electron chi connectivity index (χ0n) is 9.63. The third-order valence-corrected chi connectivity index (χ3v) is 3.36. The van der Waals surface area contributed by atoms with E-state index in [1.54, 1.807) is 7.11 Å². The SMILES string of the molecule is COc1cccc(CF)c1CCC1(N)CC1. The van der Waals surface area contributed by atoms with Crippen LogP contribution in [0.4, 0.5) is 4.39 Å². The Labute approximate surface area is 95.6 Å². The molecule has 3 heteroatoms. The Hall–Kier alpha value is -1.09. The lowest BCUT2D eigenvalue weighted by Gasteiger charge is -2.14. The summed E-state index contributed by atoms with van der Waals surface area (Å²) in [5, 5.41) is 0. The van der Waals surface area contributed by atoms with Crippen molar-refractivity contribution in [2.75, 3.05) is 7.11 Å². The molecule has 2 nitrogen and oxygen atoms in total. The molecule has 88 valence electrons. The van der Waals surface area contributed by atoms with Gasteiger partial charge in [-0.05, 0) is 42.9 Å². The van der Waals surface area contributed by atoms with Crippen molar-refractivity contribution < 1.29 is 9.13 Å². The minimum atomic E-state index is -0.440. The van der Waals surface area contributed by atoms with Gasteiger partial charge in [0, 0.05) is 5.54 Å². The summed E-state index contributed by atoms with van der Waals surface area (Å²) in [4.78, 5) is 0. The molecular weight excluding hydrogens is 205 g/mol. The highest BCUT2D eigenvalue weighted by molar-refractivity contribution is 5.40. The van der Waals surface area contributed by atoms with Gasteiger partial charge in [0.2, 0.25) is 0 Å². The molecule has 1 aliphatic carbocycles. The Morgan fingerprint density at radius 1 is 1.44 bits per heavy atom. The maximum atomic E-state index is 12.9. The van der Waals surface area contributed by atoms with Crippen molar-refractivity contribution in [3.05, 3.63) is 29.3 Å². The van der Waals surface area contributed by atoms with Gasteiger partial charge in [-0.15, -0.1) is 0 Å². The highest BCUT2D eigenvalue weighted by Crippen LogP contribution is 2.38. The predicted molar refractivity (Wildman–Crippen MR) is 62.3 cm³/mol. The van der Waals surface area contributed by atoms with E-state index >= 15 is 0 Å². The number of hydrogen-bond donors (Lipinski definition) is 1. The Balaban J connectivity index is 2.15. The summed E-state index contributed by atoms with van der Waals surface area (Å²) in [5.41, 5.74) is 7.75. The van der Waals surface area contributed by atoms with Crippen molar-refractivity contribution in [2.45, 2.75) is 37.9 Å². The third-order valence-electron chi connectivity index (χ3n) is 3.36. The van der Waals surface area contributed by atoms with Gasteiger partial charge in [-0.1, -0.05) is 12.1 Å². The average Bonchev–Trinajstić information content (AvgIpc) is 3.04. The fourth-order valence-corrected chi connectivity index (χ4v) is 2.00. The van der Waals surface area contributed by atoms with Gasteiger partial charge in [-0.3, -0.25) is 0 Å². The number of benzene rings is 1. The molecule has 2 rings (SSSR count). The molecule has 0 bridgehead atoms. The van der Waals surface area contributed by atoms with E-state index in [-0.39, 0.29) is 5.54 Å². The third kappa shape index (κ3) is 2.35. The molecule has 0 radical (unpaired) electrons. The second-order valence-corrected chi connectivity index (χ2v) is 4.59. The summed E-state index contributed by atoms with van der Waals surface area (Å²) in [6, 6.07) is 5.52. The smallest absolute Gasteiger partial charge is 0.122 e. The number of rotatable bonds is 5. The second-order valence-electron chi connectivity index (χ2n) is 4.59. The molecule has 0 saturated heterocycles. The first-order chi connectivity index (χ1) is 7.68. The fourth-order valence-electron chi connectivity index (χ4n) is 2.00. The second kappa shape index (κ2) is 4.42. The topological polar surface area (TPSA) is 35.2 Å². The number of hydrogen-bond acceptors (Lipinski definition) is 2. The van der Waals surface area contributed by atoms with Crippen molar-refractivity contribution >= 4 is 0 Å². The van der Waals surface area contributed by atoms with Gasteiger partial charge in [0.15, 0.2) is 0 Å². The highest BCUT2D eigenvalue weighted by Gasteiger charge is 2.37. The van der Waals surface area contributed by atoms with Crippen LogP contribution in [0.1, 0.15) is 30.4 Å². The first-order valence-corrected chi connectivity index (χ1v) is 5.68. The zero-order valence-corrected chi connectivity index (χ0v) is 9.63. The van der Waals surface area contributed by atoms with E-state index in [1.807, 2.05) is 18.2 Å². The molecule has 0 atom stereocenters. The van der Waals surface area contributed by atoms with E-state index in [4.69, 9.17) is 10.5 Å². The fraction of sp³-hybridized carbons (Fsp3) is 0.538.